The van der Waals surface area contributed by atoms with E-state index < -0.39 is 30.1 Å². The van der Waals surface area contributed by atoms with Crippen LogP contribution in [0.5, 0.6) is 23.0 Å². The molecule has 0 saturated heterocycles. The number of allylic oxidation sites excluding steroid dienone is 2. The average Bonchev–Trinajstić information content (AvgIpc) is 3.29. The summed E-state index contributed by atoms with van der Waals surface area (Å²) >= 11 is 0. The van der Waals surface area contributed by atoms with E-state index in [1.54, 1.807) is 54.6 Å². The van der Waals surface area contributed by atoms with Crippen LogP contribution in [0.3, 0.4) is 0 Å². The van der Waals surface area contributed by atoms with Gasteiger partial charge in [-0.25, -0.2) is 14.4 Å². The van der Waals surface area contributed by atoms with Crippen LogP contribution in [0.4, 0.5) is 0 Å². The molecule has 3 rings (SSSR count). The third-order valence-electron chi connectivity index (χ3n) is 9.30. The van der Waals surface area contributed by atoms with Crippen LogP contribution < -0.4 is 18.9 Å². The summed E-state index contributed by atoms with van der Waals surface area (Å²) in [4.78, 5) is 47.9. The van der Waals surface area contributed by atoms with Crippen molar-refractivity contribution < 1.29 is 66.5 Å². The van der Waals surface area contributed by atoms with Gasteiger partial charge >= 0.3 is 23.9 Å². The quantitative estimate of drug-likeness (QED) is 0.0132. The standard InChI is InChI=1S/C48H60O14/c1-7-35(5)55-29-13-11-27-53-31-43(60-46(50)9-3)33-57-39-19-23-41(24-20-39)59-36(6)37-15-17-38(18-16-37)48(52)62-42-25-21-40(22-26-42)58-34-44(61-47(51)10-4)32-54-28-12-14-30-56-45(49)8-2/h7-10,19-26,37-38,43-44H,1-6,11-18,27-34H2. The van der Waals surface area contributed by atoms with E-state index in [1.165, 1.54) is 0 Å². The highest BCUT2D eigenvalue weighted by Gasteiger charge is 2.30. The SMILES string of the molecule is C=CC(=C)OCCCCOCC(COc1ccc(OC(=C)C2CCC(C(=O)Oc3ccc(OCC(COCCCCOC(=O)C=C)OC(=O)C=C)cc3)CC2)cc1)OC(=O)C=C. The lowest BCUT2D eigenvalue weighted by atomic mass is 9.81. The Bertz CT molecular complexity index is 1630. The van der Waals surface area contributed by atoms with Gasteiger partial charge in [0.05, 0.1) is 38.1 Å². The Morgan fingerprint density at radius 3 is 1.40 bits per heavy atom. The van der Waals surface area contributed by atoms with Crippen molar-refractivity contribution in [1.29, 1.82) is 0 Å². The lowest BCUT2D eigenvalue weighted by molar-refractivity contribution is -0.148. The van der Waals surface area contributed by atoms with Crippen molar-refractivity contribution in [2.24, 2.45) is 11.8 Å². The molecule has 2 atom stereocenters. The van der Waals surface area contributed by atoms with Gasteiger partial charge in [0.2, 0.25) is 0 Å². The Hall–Kier alpha value is -6.12. The molecule has 2 aromatic rings. The molecular formula is C48H60O14. The van der Waals surface area contributed by atoms with Gasteiger partial charge in [0.25, 0.3) is 0 Å². The average molecular weight is 861 g/mol. The number of ether oxygens (including phenoxy) is 10. The second-order valence-corrected chi connectivity index (χ2v) is 14.1. The number of carbonyl (C=O) groups excluding carboxylic acids is 4. The molecule has 336 valence electrons. The highest BCUT2D eigenvalue weighted by Crippen LogP contribution is 2.35. The van der Waals surface area contributed by atoms with Gasteiger partial charge in [-0.3, -0.25) is 4.79 Å². The van der Waals surface area contributed by atoms with E-state index in [1.807, 2.05) is 0 Å². The zero-order chi connectivity index (χ0) is 45.0. The zero-order valence-corrected chi connectivity index (χ0v) is 35.5. The van der Waals surface area contributed by atoms with Crippen LogP contribution >= 0.6 is 0 Å². The Labute approximate surface area is 364 Å². The number of hydrogen-bond donors (Lipinski definition) is 0. The minimum Gasteiger partial charge on any atom is -0.494 e. The first-order valence-corrected chi connectivity index (χ1v) is 20.6. The van der Waals surface area contributed by atoms with Crippen LogP contribution in [-0.4, -0.2) is 88.9 Å². The molecule has 1 fully saturated rings. The largest absolute Gasteiger partial charge is 0.494 e. The van der Waals surface area contributed by atoms with Crippen LogP contribution in [0.25, 0.3) is 0 Å². The van der Waals surface area contributed by atoms with Crippen molar-refractivity contribution in [2.45, 2.75) is 63.6 Å². The summed E-state index contributed by atoms with van der Waals surface area (Å²) in [6.07, 6.45) is 8.93. The maximum absolute atomic E-state index is 13.1. The van der Waals surface area contributed by atoms with Crippen LogP contribution in [0, 0.1) is 11.8 Å². The number of esters is 4. The molecule has 0 aliphatic heterocycles. The molecule has 0 bridgehead atoms. The molecule has 2 unspecified atom stereocenters. The molecule has 1 saturated carbocycles. The molecule has 0 heterocycles. The number of rotatable bonds is 32. The van der Waals surface area contributed by atoms with Crippen LogP contribution in [-0.2, 0) is 47.6 Å². The molecule has 0 N–H and O–H groups in total. The molecule has 14 heteroatoms. The maximum Gasteiger partial charge on any atom is 0.330 e. The Morgan fingerprint density at radius 2 is 0.935 bits per heavy atom. The van der Waals surface area contributed by atoms with Crippen molar-refractivity contribution in [3.05, 3.63) is 124 Å². The van der Waals surface area contributed by atoms with Gasteiger partial charge in [-0.1, -0.05) is 39.5 Å². The molecule has 1 aliphatic carbocycles. The molecular weight excluding hydrogens is 801 g/mol. The molecule has 0 aromatic heterocycles. The smallest absolute Gasteiger partial charge is 0.330 e. The summed E-state index contributed by atoms with van der Waals surface area (Å²) in [5, 5.41) is 0. The summed E-state index contributed by atoms with van der Waals surface area (Å²) < 4.78 is 55.9. The molecule has 62 heavy (non-hydrogen) atoms. The Balaban J connectivity index is 1.36. The fourth-order valence-electron chi connectivity index (χ4n) is 5.86. The molecule has 1 aliphatic rings. The van der Waals surface area contributed by atoms with Crippen LogP contribution in [0.2, 0.25) is 0 Å². The van der Waals surface area contributed by atoms with Gasteiger partial charge in [0.1, 0.15) is 42.0 Å². The summed E-state index contributed by atoms with van der Waals surface area (Å²) in [5.41, 5.74) is 0. The second kappa shape index (κ2) is 29.2. The van der Waals surface area contributed by atoms with E-state index in [9.17, 15) is 19.2 Å². The number of benzene rings is 2. The van der Waals surface area contributed by atoms with Crippen molar-refractivity contribution in [3.63, 3.8) is 0 Å². The fourth-order valence-corrected chi connectivity index (χ4v) is 5.86. The topological polar surface area (TPSA) is 161 Å². The van der Waals surface area contributed by atoms with Crippen molar-refractivity contribution in [1.82, 2.24) is 0 Å². The van der Waals surface area contributed by atoms with E-state index in [0.29, 0.717) is 92.9 Å². The van der Waals surface area contributed by atoms with Crippen LogP contribution in [0.1, 0.15) is 51.4 Å². The van der Waals surface area contributed by atoms with E-state index >= 15 is 0 Å². The molecule has 0 radical (unpaired) electrons. The predicted molar refractivity (Wildman–Crippen MR) is 231 cm³/mol. The van der Waals surface area contributed by atoms with Gasteiger partial charge in [0, 0.05) is 37.4 Å². The van der Waals surface area contributed by atoms with E-state index in [2.05, 4.69) is 39.5 Å². The van der Waals surface area contributed by atoms with Gasteiger partial charge < -0.3 is 47.4 Å². The number of carbonyl (C=O) groups is 4. The van der Waals surface area contributed by atoms with Crippen molar-refractivity contribution in [3.8, 4) is 23.0 Å². The van der Waals surface area contributed by atoms with Gasteiger partial charge in [-0.2, -0.15) is 0 Å². The molecule has 0 spiro atoms. The van der Waals surface area contributed by atoms with Gasteiger partial charge in [-0.05, 0) is 106 Å². The maximum atomic E-state index is 13.1. The highest BCUT2D eigenvalue weighted by molar-refractivity contribution is 5.82. The first kappa shape index (κ1) is 50.2. The zero-order valence-electron chi connectivity index (χ0n) is 35.5. The number of unbranched alkanes of at least 4 members (excludes halogenated alkanes) is 2. The van der Waals surface area contributed by atoms with E-state index in [4.69, 9.17) is 47.4 Å². The molecule has 0 amide bonds. The summed E-state index contributed by atoms with van der Waals surface area (Å²) in [6, 6.07) is 13.7. The normalized spacial score (nSPS) is 15.3. The predicted octanol–water partition coefficient (Wildman–Crippen LogP) is 7.98. The lowest BCUT2D eigenvalue weighted by Crippen LogP contribution is -2.29. The third kappa shape index (κ3) is 20.4. The first-order valence-electron chi connectivity index (χ1n) is 20.6. The van der Waals surface area contributed by atoms with Crippen molar-refractivity contribution in [2.75, 3.05) is 52.9 Å². The minimum atomic E-state index is -0.695. The number of hydrogen-bond acceptors (Lipinski definition) is 14. The Kier molecular flexibility index (Phi) is 23.7. The highest BCUT2D eigenvalue weighted by atomic mass is 16.6. The summed E-state index contributed by atoms with van der Waals surface area (Å²) in [7, 11) is 0. The summed E-state index contributed by atoms with van der Waals surface area (Å²) in [6.45, 7) is 23.7. The van der Waals surface area contributed by atoms with Gasteiger partial charge in [-0.15, -0.1) is 0 Å². The fraction of sp³-hybridized carbons (Fsp3) is 0.417. The van der Waals surface area contributed by atoms with E-state index in [0.717, 1.165) is 31.1 Å². The Morgan fingerprint density at radius 1 is 0.516 bits per heavy atom. The minimum absolute atomic E-state index is 0.0220. The second-order valence-electron chi connectivity index (χ2n) is 14.1. The van der Waals surface area contributed by atoms with Gasteiger partial charge in [0.15, 0.2) is 12.2 Å². The third-order valence-corrected chi connectivity index (χ3v) is 9.30. The monoisotopic (exact) mass is 860 g/mol. The van der Waals surface area contributed by atoms with Crippen molar-refractivity contribution >= 4 is 23.9 Å². The summed E-state index contributed by atoms with van der Waals surface area (Å²) in [5.74, 6) is 0.997. The lowest BCUT2D eigenvalue weighted by Gasteiger charge is -2.28. The molecule has 2 aromatic carbocycles. The molecule has 14 nitrogen and oxygen atoms in total. The van der Waals surface area contributed by atoms with E-state index in [-0.39, 0.29) is 50.8 Å². The first-order chi connectivity index (χ1) is 30.0. The van der Waals surface area contributed by atoms with Crippen LogP contribution in [0.15, 0.2) is 124 Å².